The van der Waals surface area contributed by atoms with Gasteiger partial charge in [-0.1, -0.05) is 84.0 Å². The second-order valence-electron chi connectivity index (χ2n) is 5.78. The summed E-state index contributed by atoms with van der Waals surface area (Å²) < 4.78 is 0. The van der Waals surface area contributed by atoms with Gasteiger partial charge in [0.2, 0.25) is 0 Å². The first-order chi connectivity index (χ1) is 9.12. The second kappa shape index (κ2) is 13.1. The lowest BCUT2D eigenvalue weighted by molar-refractivity contribution is 0.261. The molecule has 3 N–H and O–H groups in total. The summed E-state index contributed by atoms with van der Waals surface area (Å²) in [7, 11) is -3.22. The van der Waals surface area contributed by atoms with E-state index < -0.39 is 14.8 Å². The standard InChI is InChI=1S/C15H34O3Si/c1-2-3-4-5-6-7-8-9-10-11-12-13-14-19(17,18)15-16/h16-18H,2-15H2,1H3. The van der Waals surface area contributed by atoms with Crippen molar-refractivity contribution in [2.45, 2.75) is 90.0 Å². The van der Waals surface area contributed by atoms with Gasteiger partial charge in [0.05, 0.1) is 6.23 Å². The third-order valence-corrected chi connectivity index (χ3v) is 5.34. The zero-order valence-electron chi connectivity index (χ0n) is 12.7. The zero-order chi connectivity index (χ0) is 14.4. The SMILES string of the molecule is CCCCCCCCCCCCCC[Si](O)(O)CO. The van der Waals surface area contributed by atoms with Crippen LogP contribution in [-0.2, 0) is 0 Å². The summed E-state index contributed by atoms with van der Waals surface area (Å²) in [6, 6.07) is 0.418. The molecule has 0 aromatic heterocycles. The lowest BCUT2D eigenvalue weighted by Gasteiger charge is -2.13. The summed E-state index contributed by atoms with van der Waals surface area (Å²) in [5.41, 5.74) is 0. The van der Waals surface area contributed by atoms with Crippen molar-refractivity contribution >= 4 is 8.56 Å². The second-order valence-corrected chi connectivity index (χ2v) is 8.56. The van der Waals surface area contributed by atoms with Crippen molar-refractivity contribution in [3.05, 3.63) is 0 Å². The Morgan fingerprint density at radius 2 is 1.00 bits per heavy atom. The summed E-state index contributed by atoms with van der Waals surface area (Å²) in [6.45, 7) is 2.25. The summed E-state index contributed by atoms with van der Waals surface area (Å²) in [4.78, 5) is 18.7. The molecule has 0 unspecified atom stereocenters. The first kappa shape index (κ1) is 19.1. The molecule has 0 saturated heterocycles. The molecule has 0 aliphatic heterocycles. The van der Waals surface area contributed by atoms with Crippen LogP contribution in [-0.4, -0.2) is 29.5 Å². The quantitative estimate of drug-likeness (QED) is 0.338. The number of aliphatic hydroxyl groups excluding tert-OH is 1. The van der Waals surface area contributed by atoms with E-state index in [0.717, 1.165) is 12.8 Å². The maximum atomic E-state index is 9.33. The van der Waals surface area contributed by atoms with E-state index in [0.29, 0.717) is 6.04 Å². The Morgan fingerprint density at radius 1 is 0.632 bits per heavy atom. The molecule has 4 heteroatoms. The fourth-order valence-electron chi connectivity index (χ4n) is 2.33. The van der Waals surface area contributed by atoms with Gasteiger partial charge in [-0.3, -0.25) is 0 Å². The molecule has 0 aromatic rings. The van der Waals surface area contributed by atoms with Crippen LogP contribution in [0.5, 0.6) is 0 Å². The van der Waals surface area contributed by atoms with Crippen molar-refractivity contribution in [2.75, 3.05) is 6.23 Å². The van der Waals surface area contributed by atoms with E-state index in [1.54, 1.807) is 0 Å². The van der Waals surface area contributed by atoms with E-state index in [1.807, 2.05) is 0 Å². The Balaban J connectivity index is 3.07. The van der Waals surface area contributed by atoms with Gasteiger partial charge in [-0.15, -0.1) is 0 Å². The van der Waals surface area contributed by atoms with Gasteiger partial charge in [0.25, 0.3) is 0 Å². The average molecular weight is 291 g/mol. The summed E-state index contributed by atoms with van der Waals surface area (Å²) >= 11 is 0. The summed E-state index contributed by atoms with van der Waals surface area (Å²) in [6.07, 6.45) is 14.9. The molecule has 116 valence electrons. The van der Waals surface area contributed by atoms with Gasteiger partial charge in [0.1, 0.15) is 0 Å². The highest BCUT2D eigenvalue weighted by Gasteiger charge is 2.26. The predicted molar refractivity (Wildman–Crippen MR) is 83.2 cm³/mol. The number of hydrogen-bond acceptors (Lipinski definition) is 3. The predicted octanol–water partition coefficient (Wildman–Crippen LogP) is 3.65. The molecule has 0 aromatic carbocycles. The van der Waals surface area contributed by atoms with Crippen LogP contribution in [0.25, 0.3) is 0 Å². The van der Waals surface area contributed by atoms with Crippen LogP contribution in [0.3, 0.4) is 0 Å². The maximum absolute atomic E-state index is 9.33. The molecule has 0 fully saturated rings. The molecule has 0 aliphatic rings. The van der Waals surface area contributed by atoms with Crippen molar-refractivity contribution in [2.24, 2.45) is 0 Å². The van der Waals surface area contributed by atoms with Gasteiger partial charge in [-0.2, -0.15) is 0 Å². The minimum Gasteiger partial charge on any atom is -0.409 e. The minimum absolute atomic E-state index is 0.418. The molecule has 0 bridgehead atoms. The van der Waals surface area contributed by atoms with Crippen LogP contribution in [0.1, 0.15) is 84.0 Å². The van der Waals surface area contributed by atoms with E-state index in [-0.39, 0.29) is 0 Å². The van der Waals surface area contributed by atoms with Gasteiger partial charge < -0.3 is 14.7 Å². The van der Waals surface area contributed by atoms with Gasteiger partial charge in [0.15, 0.2) is 0 Å². The monoisotopic (exact) mass is 290 g/mol. The van der Waals surface area contributed by atoms with Crippen LogP contribution < -0.4 is 0 Å². The normalized spacial score (nSPS) is 12.0. The molecule has 19 heavy (non-hydrogen) atoms. The Kier molecular flexibility index (Phi) is 13.2. The molecule has 0 saturated carbocycles. The van der Waals surface area contributed by atoms with Crippen molar-refractivity contribution in [1.82, 2.24) is 0 Å². The first-order valence-electron chi connectivity index (χ1n) is 8.18. The van der Waals surface area contributed by atoms with E-state index in [9.17, 15) is 9.59 Å². The van der Waals surface area contributed by atoms with Crippen LogP contribution in [0.15, 0.2) is 0 Å². The highest BCUT2D eigenvalue weighted by molar-refractivity contribution is 6.64. The lowest BCUT2D eigenvalue weighted by atomic mass is 10.1. The Morgan fingerprint density at radius 3 is 1.37 bits per heavy atom. The van der Waals surface area contributed by atoms with Gasteiger partial charge in [-0.25, -0.2) is 0 Å². The fraction of sp³-hybridized carbons (Fsp3) is 1.00. The zero-order valence-corrected chi connectivity index (χ0v) is 13.7. The molecule has 0 aliphatic carbocycles. The maximum Gasteiger partial charge on any atom is 0.359 e. The topological polar surface area (TPSA) is 60.7 Å². The Bertz CT molecular complexity index is 186. The molecule has 3 nitrogen and oxygen atoms in total. The fourth-order valence-corrected chi connectivity index (χ4v) is 3.30. The summed E-state index contributed by atoms with van der Waals surface area (Å²) in [5, 5.41) is 8.73. The van der Waals surface area contributed by atoms with Crippen molar-refractivity contribution in [3.63, 3.8) is 0 Å². The molecule has 0 rings (SSSR count). The molecular weight excluding hydrogens is 256 g/mol. The molecular formula is C15H34O3Si. The third-order valence-electron chi connectivity index (χ3n) is 3.68. The third kappa shape index (κ3) is 14.3. The van der Waals surface area contributed by atoms with E-state index in [2.05, 4.69) is 6.92 Å². The molecule has 0 spiro atoms. The lowest BCUT2D eigenvalue weighted by Crippen LogP contribution is -2.39. The smallest absolute Gasteiger partial charge is 0.359 e. The van der Waals surface area contributed by atoms with Gasteiger partial charge in [-0.05, 0) is 6.04 Å². The Labute approximate surface area is 120 Å². The molecule has 0 heterocycles. The largest absolute Gasteiger partial charge is 0.409 e. The number of unbranched alkanes of at least 4 members (excludes halogenated alkanes) is 11. The van der Waals surface area contributed by atoms with E-state index in [1.165, 1.54) is 64.2 Å². The van der Waals surface area contributed by atoms with E-state index in [4.69, 9.17) is 5.11 Å². The number of aliphatic hydroxyl groups is 1. The number of hydrogen-bond donors (Lipinski definition) is 3. The minimum atomic E-state index is -3.22. The number of rotatable bonds is 14. The highest BCUT2D eigenvalue weighted by atomic mass is 28.4. The summed E-state index contributed by atoms with van der Waals surface area (Å²) in [5.74, 6) is 0. The molecule has 0 atom stereocenters. The van der Waals surface area contributed by atoms with Gasteiger partial charge in [0, 0.05) is 0 Å². The van der Waals surface area contributed by atoms with Crippen molar-refractivity contribution < 1.29 is 14.7 Å². The van der Waals surface area contributed by atoms with E-state index >= 15 is 0 Å². The van der Waals surface area contributed by atoms with Crippen LogP contribution in [0.2, 0.25) is 6.04 Å². The van der Waals surface area contributed by atoms with Crippen LogP contribution >= 0.6 is 0 Å². The Hall–Kier alpha value is 0.0969. The van der Waals surface area contributed by atoms with Gasteiger partial charge >= 0.3 is 8.56 Å². The first-order valence-corrected chi connectivity index (χ1v) is 10.5. The molecule has 0 amide bonds. The van der Waals surface area contributed by atoms with Crippen molar-refractivity contribution in [1.29, 1.82) is 0 Å². The van der Waals surface area contributed by atoms with Crippen LogP contribution in [0, 0.1) is 0 Å². The van der Waals surface area contributed by atoms with Crippen molar-refractivity contribution in [3.8, 4) is 0 Å². The van der Waals surface area contributed by atoms with Crippen LogP contribution in [0.4, 0.5) is 0 Å². The average Bonchev–Trinajstić information content (AvgIpc) is 2.40. The highest BCUT2D eigenvalue weighted by Crippen LogP contribution is 2.14. The molecule has 0 radical (unpaired) electrons.